The minimum absolute atomic E-state index is 0.279. The Morgan fingerprint density at radius 2 is 1.84 bits per heavy atom. The van der Waals surface area contributed by atoms with E-state index in [4.69, 9.17) is 0 Å². The van der Waals surface area contributed by atoms with Crippen LogP contribution in [-0.4, -0.2) is 10.3 Å². The monoisotopic (exact) mass is 413 g/mol. The van der Waals surface area contributed by atoms with Crippen molar-refractivity contribution in [2.75, 3.05) is 0 Å². The normalized spacial score (nSPS) is 19.3. The minimum atomic E-state index is -0.279. The zero-order valence-electron chi connectivity index (χ0n) is 17.6. The Morgan fingerprint density at radius 1 is 1.00 bits per heavy atom. The van der Waals surface area contributed by atoms with Crippen LogP contribution in [0, 0.1) is 39.9 Å². The maximum Gasteiger partial charge on any atom is 0.125 e. The maximum absolute atomic E-state index is 9.72. The summed E-state index contributed by atoms with van der Waals surface area (Å²) in [7, 11) is 0. The number of benzene rings is 2. The maximum atomic E-state index is 9.72. The van der Waals surface area contributed by atoms with Gasteiger partial charge in [0.25, 0.3) is 0 Å². The third kappa shape index (κ3) is 3.02. The number of fused-ring (bicyclic) bond motifs is 3. The van der Waals surface area contributed by atoms with Crippen LogP contribution in [0.2, 0.25) is 0 Å². The lowest BCUT2D eigenvalue weighted by atomic mass is 9.86. The van der Waals surface area contributed by atoms with Gasteiger partial charge in [0.2, 0.25) is 0 Å². The first-order chi connectivity index (χ1) is 15.6. The Hall–Kier alpha value is -4.40. The fourth-order valence-electron chi connectivity index (χ4n) is 4.76. The fraction of sp³-hybridized carbons (Fsp3) is 0.185. The van der Waals surface area contributed by atoms with Gasteiger partial charge in [-0.1, -0.05) is 37.3 Å². The zero-order valence-corrected chi connectivity index (χ0v) is 17.6. The third-order valence-electron chi connectivity index (χ3n) is 6.27. The summed E-state index contributed by atoms with van der Waals surface area (Å²) >= 11 is 0. The molecule has 5 heteroatoms. The average Bonchev–Trinajstić information content (AvgIpc) is 3.15. The summed E-state index contributed by atoms with van der Waals surface area (Å²) in [6.45, 7) is 2.19. The standard InChI is InChI=1S/C27H19N5/c1-17-6-8-21-23-11-18(13-28)7-9-26(23)32(27(21)10-17)25-5-3-2-4-20(25)22-12-19(14-29)16-31-24(22)15-30/h2-9,11,16-17,22H,10,12H2,1H3. The highest BCUT2D eigenvalue weighted by atomic mass is 15.0. The molecule has 5 rings (SSSR count). The highest BCUT2D eigenvalue weighted by Crippen LogP contribution is 2.39. The van der Waals surface area contributed by atoms with Crippen molar-refractivity contribution in [1.29, 1.82) is 15.8 Å². The van der Waals surface area contributed by atoms with Crippen LogP contribution in [0.4, 0.5) is 0 Å². The van der Waals surface area contributed by atoms with E-state index in [1.807, 2.05) is 36.4 Å². The van der Waals surface area contributed by atoms with Crippen molar-refractivity contribution in [2.45, 2.75) is 25.7 Å². The van der Waals surface area contributed by atoms with Crippen LogP contribution >= 0.6 is 0 Å². The van der Waals surface area contributed by atoms with Gasteiger partial charge in [0.1, 0.15) is 11.8 Å². The van der Waals surface area contributed by atoms with Gasteiger partial charge in [0.05, 0.1) is 23.2 Å². The molecule has 152 valence electrons. The van der Waals surface area contributed by atoms with Crippen LogP contribution in [0.15, 0.2) is 65.3 Å². The number of nitriles is 3. The van der Waals surface area contributed by atoms with Crippen molar-refractivity contribution in [3.8, 4) is 23.9 Å². The van der Waals surface area contributed by atoms with E-state index in [1.165, 1.54) is 11.9 Å². The first kappa shape index (κ1) is 19.6. The lowest BCUT2D eigenvalue weighted by molar-refractivity contribution is 0.688. The second-order valence-corrected chi connectivity index (χ2v) is 8.29. The molecule has 2 atom stereocenters. The lowest BCUT2D eigenvalue weighted by Crippen LogP contribution is -2.18. The number of hydrogen-bond donors (Lipinski definition) is 0. The zero-order chi connectivity index (χ0) is 22.2. The Kier molecular flexibility index (Phi) is 4.70. The second kappa shape index (κ2) is 7.69. The minimum Gasteiger partial charge on any atom is -0.313 e. The summed E-state index contributed by atoms with van der Waals surface area (Å²) in [6, 6.07) is 20.5. The van der Waals surface area contributed by atoms with Gasteiger partial charge in [-0.2, -0.15) is 15.8 Å². The second-order valence-electron chi connectivity index (χ2n) is 8.29. The van der Waals surface area contributed by atoms with Gasteiger partial charge < -0.3 is 4.57 Å². The lowest BCUT2D eigenvalue weighted by Gasteiger charge is -2.24. The van der Waals surface area contributed by atoms with Crippen molar-refractivity contribution in [3.05, 3.63) is 82.7 Å². The molecule has 0 bridgehead atoms. The number of aromatic nitrogens is 1. The molecule has 2 aliphatic rings. The van der Waals surface area contributed by atoms with Crippen molar-refractivity contribution in [1.82, 2.24) is 4.57 Å². The van der Waals surface area contributed by atoms with Crippen molar-refractivity contribution >= 4 is 22.7 Å². The van der Waals surface area contributed by atoms with E-state index in [0.717, 1.165) is 34.1 Å². The van der Waals surface area contributed by atoms with Crippen LogP contribution in [0.5, 0.6) is 0 Å². The van der Waals surface area contributed by atoms with Crippen molar-refractivity contribution in [3.63, 3.8) is 0 Å². The number of rotatable bonds is 2. The smallest absolute Gasteiger partial charge is 0.125 e. The molecule has 0 fully saturated rings. The van der Waals surface area contributed by atoms with E-state index >= 15 is 0 Å². The van der Waals surface area contributed by atoms with Crippen LogP contribution in [0.1, 0.15) is 41.6 Å². The molecule has 0 spiro atoms. The number of para-hydroxylation sites is 1. The Balaban J connectivity index is 1.79. The molecule has 2 aromatic carbocycles. The van der Waals surface area contributed by atoms with E-state index in [0.29, 0.717) is 29.2 Å². The number of nitrogens with zero attached hydrogens (tertiary/aromatic N) is 5. The number of allylic oxidation sites excluding steroid dienone is 2. The molecule has 0 N–H and O–H groups in total. The van der Waals surface area contributed by atoms with Crippen LogP contribution in [0.3, 0.4) is 0 Å². The van der Waals surface area contributed by atoms with Gasteiger partial charge in [0, 0.05) is 40.0 Å². The summed E-state index contributed by atoms with van der Waals surface area (Å²) in [5.74, 6) is 0.117. The fourth-order valence-corrected chi connectivity index (χ4v) is 4.76. The van der Waals surface area contributed by atoms with E-state index in [9.17, 15) is 15.8 Å². The van der Waals surface area contributed by atoms with Crippen LogP contribution in [-0.2, 0) is 6.42 Å². The van der Waals surface area contributed by atoms with E-state index in [1.54, 1.807) is 0 Å². The van der Waals surface area contributed by atoms with E-state index < -0.39 is 0 Å². The third-order valence-corrected chi connectivity index (χ3v) is 6.27. The Morgan fingerprint density at radius 3 is 2.62 bits per heavy atom. The summed E-state index contributed by atoms with van der Waals surface area (Å²) in [4.78, 5) is 4.28. The predicted molar refractivity (Wildman–Crippen MR) is 124 cm³/mol. The highest BCUT2D eigenvalue weighted by molar-refractivity contribution is 6.05. The van der Waals surface area contributed by atoms with Crippen molar-refractivity contribution < 1.29 is 0 Å². The van der Waals surface area contributed by atoms with Crippen LogP contribution in [0.25, 0.3) is 22.7 Å². The van der Waals surface area contributed by atoms with Gasteiger partial charge in [-0.05, 0) is 48.6 Å². The summed E-state index contributed by atoms with van der Waals surface area (Å²) in [6.07, 6.45) is 7.20. The molecule has 1 aliphatic heterocycles. The van der Waals surface area contributed by atoms with Gasteiger partial charge in [0.15, 0.2) is 0 Å². The first-order valence-electron chi connectivity index (χ1n) is 10.6. The molecule has 3 aromatic rings. The summed E-state index contributed by atoms with van der Waals surface area (Å²) in [5.41, 5.74) is 6.94. The molecule has 0 radical (unpaired) electrons. The molecule has 2 unspecified atom stereocenters. The van der Waals surface area contributed by atoms with Crippen LogP contribution < -0.4 is 0 Å². The van der Waals surface area contributed by atoms with Gasteiger partial charge in [-0.15, -0.1) is 0 Å². The molecule has 1 aromatic heterocycles. The van der Waals surface area contributed by atoms with E-state index in [2.05, 4.69) is 52.9 Å². The first-order valence-corrected chi connectivity index (χ1v) is 10.6. The van der Waals surface area contributed by atoms with Gasteiger partial charge in [-0.25, -0.2) is 4.99 Å². The molecule has 0 saturated carbocycles. The topological polar surface area (TPSA) is 88.7 Å². The SMILES string of the molecule is CC1C=Cc2c(n(-c3ccccc3C3CC(C#N)=CN=C3C#N)c3ccc(C#N)cc23)C1. The molecular weight excluding hydrogens is 394 g/mol. The average molecular weight is 413 g/mol. The quantitative estimate of drug-likeness (QED) is 0.550. The Labute approximate surface area is 186 Å². The van der Waals surface area contributed by atoms with E-state index in [-0.39, 0.29) is 5.92 Å². The number of hydrogen-bond acceptors (Lipinski definition) is 4. The molecule has 0 saturated heterocycles. The largest absolute Gasteiger partial charge is 0.313 e. The molecular formula is C27H19N5. The van der Waals surface area contributed by atoms with Crippen molar-refractivity contribution in [2.24, 2.45) is 10.9 Å². The molecule has 1 aliphatic carbocycles. The summed E-state index contributed by atoms with van der Waals surface area (Å²) < 4.78 is 2.26. The number of aliphatic imine (C=N–C) groups is 1. The molecule has 32 heavy (non-hydrogen) atoms. The predicted octanol–water partition coefficient (Wildman–Crippen LogP) is 5.57. The summed E-state index contributed by atoms with van der Waals surface area (Å²) in [5, 5.41) is 29.6. The van der Waals surface area contributed by atoms with Gasteiger partial charge >= 0.3 is 0 Å². The Bertz CT molecular complexity index is 1480. The van der Waals surface area contributed by atoms with Gasteiger partial charge in [-0.3, -0.25) is 0 Å². The molecule has 5 nitrogen and oxygen atoms in total. The molecule has 2 heterocycles. The molecule has 0 amide bonds. The highest BCUT2D eigenvalue weighted by Gasteiger charge is 2.28.